The lowest BCUT2D eigenvalue weighted by Crippen LogP contribution is -2.28. The fourth-order valence-electron chi connectivity index (χ4n) is 3.49. The van der Waals surface area contributed by atoms with Crippen LogP contribution in [-0.2, 0) is 10.0 Å². The Bertz CT molecular complexity index is 1210. The molecule has 4 nitrogen and oxygen atoms in total. The zero-order valence-corrected chi connectivity index (χ0v) is 17.9. The van der Waals surface area contributed by atoms with Crippen molar-refractivity contribution in [2.24, 2.45) is 5.10 Å². The Kier molecular flexibility index (Phi) is 5.38. The molecule has 0 bridgehead atoms. The molecule has 0 spiro atoms. The SMILES string of the molecule is Cc1ccccc1S(=O)(=O)N1N=C(c2ccccc2Cl)C[C@H]1c1ccccc1Cl. The summed E-state index contributed by atoms with van der Waals surface area (Å²) in [5.74, 6) is 0. The van der Waals surface area contributed by atoms with Crippen molar-refractivity contribution in [1.82, 2.24) is 4.41 Å². The summed E-state index contributed by atoms with van der Waals surface area (Å²) >= 11 is 12.8. The molecule has 0 radical (unpaired) electrons. The molecule has 1 aliphatic rings. The van der Waals surface area contributed by atoms with E-state index in [1.54, 1.807) is 37.3 Å². The van der Waals surface area contributed by atoms with Crippen LogP contribution in [0.2, 0.25) is 10.0 Å². The van der Waals surface area contributed by atoms with Gasteiger partial charge < -0.3 is 0 Å². The van der Waals surface area contributed by atoms with Crippen LogP contribution < -0.4 is 0 Å². The Morgan fingerprint density at radius 3 is 2.21 bits per heavy atom. The van der Waals surface area contributed by atoms with E-state index in [-0.39, 0.29) is 4.90 Å². The van der Waals surface area contributed by atoms with Gasteiger partial charge in [-0.3, -0.25) is 0 Å². The summed E-state index contributed by atoms with van der Waals surface area (Å²) in [6.45, 7) is 1.77. The Morgan fingerprint density at radius 2 is 1.52 bits per heavy atom. The maximum absolute atomic E-state index is 13.6. The van der Waals surface area contributed by atoms with Crippen LogP contribution in [0.1, 0.15) is 29.2 Å². The highest BCUT2D eigenvalue weighted by molar-refractivity contribution is 7.89. The smallest absolute Gasteiger partial charge is 0.200 e. The van der Waals surface area contributed by atoms with Gasteiger partial charge in [-0.25, -0.2) is 0 Å². The standard InChI is InChI=1S/C22H18Cl2N2O2S/c1-15-8-2-7-13-22(15)29(27,28)26-21(17-10-4-6-12-19(17)24)14-20(25-26)16-9-3-5-11-18(16)23/h2-13,21H,14H2,1H3/t21-/m0/s1. The van der Waals surface area contributed by atoms with Gasteiger partial charge in [0.2, 0.25) is 0 Å². The van der Waals surface area contributed by atoms with Gasteiger partial charge in [0.15, 0.2) is 0 Å². The zero-order chi connectivity index (χ0) is 20.6. The molecule has 1 heterocycles. The minimum absolute atomic E-state index is 0.223. The summed E-state index contributed by atoms with van der Waals surface area (Å²) in [7, 11) is -3.89. The summed E-state index contributed by atoms with van der Waals surface area (Å²) in [6.07, 6.45) is 0.374. The molecule has 7 heteroatoms. The van der Waals surface area contributed by atoms with E-state index in [2.05, 4.69) is 5.10 Å². The Hall–Kier alpha value is -2.34. The van der Waals surface area contributed by atoms with Gasteiger partial charge in [0.25, 0.3) is 10.0 Å². The number of aryl methyl sites for hydroxylation is 1. The normalized spacial score (nSPS) is 16.7. The minimum atomic E-state index is -3.89. The molecule has 0 unspecified atom stereocenters. The molecule has 0 aliphatic carbocycles. The van der Waals surface area contributed by atoms with Crippen LogP contribution >= 0.6 is 23.2 Å². The zero-order valence-electron chi connectivity index (χ0n) is 15.6. The van der Waals surface area contributed by atoms with Crippen molar-refractivity contribution < 1.29 is 8.42 Å². The summed E-state index contributed by atoms with van der Waals surface area (Å²) < 4.78 is 28.3. The maximum Gasteiger partial charge on any atom is 0.279 e. The first kappa shape index (κ1) is 20.0. The fraction of sp³-hybridized carbons (Fsp3) is 0.136. The highest BCUT2D eigenvalue weighted by Crippen LogP contribution is 2.40. The highest BCUT2D eigenvalue weighted by Gasteiger charge is 2.39. The number of rotatable bonds is 4. The van der Waals surface area contributed by atoms with Crippen molar-refractivity contribution in [3.05, 3.63) is 99.5 Å². The minimum Gasteiger partial charge on any atom is -0.200 e. The molecular weight excluding hydrogens is 427 g/mol. The number of benzene rings is 3. The van der Waals surface area contributed by atoms with Gasteiger partial charge in [-0.2, -0.15) is 17.9 Å². The van der Waals surface area contributed by atoms with Crippen molar-refractivity contribution in [3.63, 3.8) is 0 Å². The lowest BCUT2D eigenvalue weighted by Gasteiger charge is -2.24. The van der Waals surface area contributed by atoms with E-state index in [0.29, 0.717) is 38.9 Å². The third-order valence-corrected chi connectivity index (χ3v) is 7.46. The predicted octanol–water partition coefficient (Wildman–Crippen LogP) is 5.84. The third kappa shape index (κ3) is 3.66. The molecule has 3 aromatic rings. The molecule has 29 heavy (non-hydrogen) atoms. The van der Waals surface area contributed by atoms with E-state index in [9.17, 15) is 8.42 Å². The molecule has 0 N–H and O–H groups in total. The lowest BCUT2D eigenvalue weighted by atomic mass is 9.99. The van der Waals surface area contributed by atoms with Crippen LogP contribution in [0.25, 0.3) is 0 Å². The largest absolute Gasteiger partial charge is 0.279 e. The predicted molar refractivity (Wildman–Crippen MR) is 117 cm³/mol. The van der Waals surface area contributed by atoms with E-state index < -0.39 is 16.1 Å². The molecule has 0 saturated carbocycles. The van der Waals surface area contributed by atoms with Gasteiger partial charge in [-0.1, -0.05) is 77.8 Å². The van der Waals surface area contributed by atoms with E-state index in [1.165, 1.54) is 4.41 Å². The van der Waals surface area contributed by atoms with Crippen molar-refractivity contribution in [1.29, 1.82) is 0 Å². The molecule has 1 aliphatic heterocycles. The van der Waals surface area contributed by atoms with E-state index in [4.69, 9.17) is 23.2 Å². The monoisotopic (exact) mass is 444 g/mol. The Balaban J connectivity index is 1.87. The summed E-state index contributed by atoms with van der Waals surface area (Å²) in [5, 5.41) is 5.55. The second-order valence-electron chi connectivity index (χ2n) is 6.81. The summed E-state index contributed by atoms with van der Waals surface area (Å²) in [4.78, 5) is 0.223. The second kappa shape index (κ2) is 7.82. The molecule has 0 saturated heterocycles. The molecule has 148 valence electrons. The first-order chi connectivity index (χ1) is 13.9. The van der Waals surface area contributed by atoms with E-state index in [1.807, 2.05) is 42.5 Å². The molecule has 4 rings (SSSR count). The number of sulfonamides is 1. The van der Waals surface area contributed by atoms with Gasteiger partial charge in [-0.15, -0.1) is 0 Å². The Labute approximate surface area is 180 Å². The first-order valence-corrected chi connectivity index (χ1v) is 11.3. The molecule has 1 atom stereocenters. The van der Waals surface area contributed by atoms with Crippen LogP contribution in [0.4, 0.5) is 0 Å². The first-order valence-electron chi connectivity index (χ1n) is 9.06. The molecule has 0 fully saturated rings. The number of hydrogen-bond acceptors (Lipinski definition) is 3. The van der Waals surface area contributed by atoms with Crippen LogP contribution in [-0.4, -0.2) is 18.5 Å². The maximum atomic E-state index is 13.6. The van der Waals surface area contributed by atoms with Crippen molar-refractivity contribution in [2.75, 3.05) is 0 Å². The quantitative estimate of drug-likeness (QED) is 0.507. The fourth-order valence-corrected chi connectivity index (χ4v) is 5.65. The lowest BCUT2D eigenvalue weighted by molar-refractivity contribution is 0.371. The van der Waals surface area contributed by atoms with Gasteiger partial charge in [0.1, 0.15) is 0 Å². The molecule has 0 amide bonds. The van der Waals surface area contributed by atoms with E-state index in [0.717, 1.165) is 0 Å². The second-order valence-corrected chi connectivity index (χ2v) is 9.39. The average Bonchev–Trinajstić information content (AvgIpc) is 3.15. The van der Waals surface area contributed by atoms with Crippen LogP contribution in [0.15, 0.2) is 82.8 Å². The van der Waals surface area contributed by atoms with Gasteiger partial charge in [-0.05, 0) is 36.2 Å². The van der Waals surface area contributed by atoms with E-state index >= 15 is 0 Å². The van der Waals surface area contributed by atoms with Crippen LogP contribution in [0.5, 0.6) is 0 Å². The van der Waals surface area contributed by atoms with Crippen LogP contribution in [0, 0.1) is 6.92 Å². The number of nitrogens with zero attached hydrogens (tertiary/aromatic N) is 2. The van der Waals surface area contributed by atoms with Gasteiger partial charge in [0, 0.05) is 22.0 Å². The van der Waals surface area contributed by atoms with Gasteiger partial charge >= 0.3 is 0 Å². The number of halogens is 2. The van der Waals surface area contributed by atoms with Gasteiger partial charge in [0.05, 0.1) is 16.6 Å². The molecule has 0 aromatic heterocycles. The summed E-state index contributed by atoms with van der Waals surface area (Å²) in [5.41, 5.74) is 2.69. The summed E-state index contributed by atoms with van der Waals surface area (Å²) in [6, 6.07) is 20.9. The number of hydrogen-bond donors (Lipinski definition) is 0. The van der Waals surface area contributed by atoms with Crippen molar-refractivity contribution >= 4 is 38.9 Å². The van der Waals surface area contributed by atoms with Crippen LogP contribution in [0.3, 0.4) is 0 Å². The Morgan fingerprint density at radius 1 is 0.897 bits per heavy atom. The molecular formula is C22H18Cl2N2O2S. The number of hydrazone groups is 1. The highest BCUT2D eigenvalue weighted by atomic mass is 35.5. The van der Waals surface area contributed by atoms with Crippen molar-refractivity contribution in [2.45, 2.75) is 24.3 Å². The third-order valence-electron chi connectivity index (χ3n) is 4.94. The molecule has 3 aromatic carbocycles. The average molecular weight is 445 g/mol. The topological polar surface area (TPSA) is 49.7 Å². The van der Waals surface area contributed by atoms with Crippen molar-refractivity contribution in [3.8, 4) is 0 Å².